The van der Waals surface area contributed by atoms with Gasteiger partial charge in [-0.15, -0.1) is 0 Å². The molecule has 0 radical (unpaired) electrons. The molecule has 4 aromatic carbocycles. The van der Waals surface area contributed by atoms with Crippen LogP contribution in [0.15, 0.2) is 126 Å². The average molecular weight is 780 g/mol. The van der Waals surface area contributed by atoms with E-state index in [4.69, 9.17) is 37.9 Å². The van der Waals surface area contributed by atoms with Crippen LogP contribution >= 0.6 is 0 Å². The molecule has 2 heterocycles. The minimum Gasteiger partial charge on any atom is -0.374 e. The first-order valence-electron chi connectivity index (χ1n) is 20.2. The quantitative estimate of drug-likeness (QED) is 0.0335. The van der Waals surface area contributed by atoms with E-state index in [1.165, 1.54) is 0 Å². The van der Waals surface area contributed by atoms with Gasteiger partial charge in [-0.05, 0) is 48.1 Å². The molecule has 2 aliphatic heterocycles. The van der Waals surface area contributed by atoms with Crippen LogP contribution in [0.25, 0.3) is 10.4 Å². The van der Waals surface area contributed by atoms with E-state index in [1.54, 1.807) is 0 Å². The smallest absolute Gasteiger partial charge is 0.186 e. The van der Waals surface area contributed by atoms with Gasteiger partial charge in [-0.1, -0.05) is 153 Å². The van der Waals surface area contributed by atoms with Crippen molar-refractivity contribution in [3.05, 3.63) is 154 Å². The lowest BCUT2D eigenvalue weighted by molar-refractivity contribution is -0.329. The number of azide groups is 1. The van der Waals surface area contributed by atoms with E-state index < -0.39 is 48.6 Å². The molecule has 0 spiro atoms. The summed E-state index contributed by atoms with van der Waals surface area (Å²) in [5.74, 6) is -0.839. The third-order valence-corrected chi connectivity index (χ3v) is 10.2. The molecule has 57 heavy (non-hydrogen) atoms. The summed E-state index contributed by atoms with van der Waals surface area (Å²) in [6, 6.07) is 39.3. The molecule has 4 aromatic rings. The third kappa shape index (κ3) is 12.9. The SMILES string of the molecule is CCCCC[C@H]1OC(C)(C)O[C@H]1[C@H](CO[C@@H]1O[C@H](COCc2ccccc2)[C@H](OCc2ccccc2)[C@H](OCc2ccccc2)[C@H]1OCc1ccccc1)N=[N+]=[N-]. The highest BCUT2D eigenvalue weighted by Gasteiger charge is 2.50. The van der Waals surface area contributed by atoms with Crippen LogP contribution in [-0.4, -0.2) is 68.0 Å². The van der Waals surface area contributed by atoms with Crippen LogP contribution in [0.1, 0.15) is 68.7 Å². The molecule has 2 fully saturated rings. The summed E-state index contributed by atoms with van der Waals surface area (Å²) in [5, 5.41) is 4.20. The van der Waals surface area contributed by atoms with Gasteiger partial charge in [0.05, 0.1) is 57.9 Å². The van der Waals surface area contributed by atoms with E-state index in [1.807, 2.05) is 135 Å². The van der Waals surface area contributed by atoms with Gasteiger partial charge >= 0.3 is 0 Å². The molecule has 0 aliphatic carbocycles. The van der Waals surface area contributed by atoms with E-state index in [0.717, 1.165) is 47.9 Å². The zero-order chi connectivity index (χ0) is 39.7. The van der Waals surface area contributed by atoms with Crippen LogP contribution in [0.4, 0.5) is 0 Å². The van der Waals surface area contributed by atoms with Crippen LogP contribution in [0, 0.1) is 0 Å². The maximum Gasteiger partial charge on any atom is 0.186 e. The third-order valence-electron chi connectivity index (χ3n) is 10.2. The van der Waals surface area contributed by atoms with Gasteiger partial charge in [-0.3, -0.25) is 0 Å². The summed E-state index contributed by atoms with van der Waals surface area (Å²) in [7, 11) is 0. The fourth-order valence-corrected chi connectivity index (χ4v) is 7.34. The molecule has 6 rings (SSSR count). The second-order valence-electron chi connectivity index (χ2n) is 15.1. The van der Waals surface area contributed by atoms with Gasteiger partial charge in [-0.25, -0.2) is 0 Å². The van der Waals surface area contributed by atoms with Gasteiger partial charge in [-0.2, -0.15) is 0 Å². The molecule has 0 amide bonds. The van der Waals surface area contributed by atoms with Crippen LogP contribution in [0.3, 0.4) is 0 Å². The number of hydrogen-bond donors (Lipinski definition) is 0. The predicted octanol–water partition coefficient (Wildman–Crippen LogP) is 9.48. The van der Waals surface area contributed by atoms with Crippen LogP contribution < -0.4 is 0 Å². The highest BCUT2D eigenvalue weighted by molar-refractivity contribution is 5.16. The van der Waals surface area contributed by atoms with Crippen molar-refractivity contribution in [1.82, 2.24) is 0 Å². The second-order valence-corrected chi connectivity index (χ2v) is 15.1. The summed E-state index contributed by atoms with van der Waals surface area (Å²) in [5.41, 5.74) is 13.8. The number of rotatable bonds is 22. The van der Waals surface area contributed by atoms with Crippen molar-refractivity contribution >= 4 is 0 Å². The Morgan fingerprint density at radius 1 is 0.632 bits per heavy atom. The topological polar surface area (TPSA) is 123 Å². The first kappa shape index (κ1) is 42.5. The van der Waals surface area contributed by atoms with Gasteiger partial charge in [0, 0.05) is 4.91 Å². The van der Waals surface area contributed by atoms with Gasteiger partial charge in [0.2, 0.25) is 0 Å². The van der Waals surface area contributed by atoms with Crippen LogP contribution in [0.5, 0.6) is 0 Å². The van der Waals surface area contributed by atoms with Crippen molar-refractivity contribution in [3.63, 3.8) is 0 Å². The van der Waals surface area contributed by atoms with Crippen molar-refractivity contribution in [2.45, 2.75) is 128 Å². The summed E-state index contributed by atoms with van der Waals surface area (Å²) in [4.78, 5) is 3.22. The number of nitrogens with zero attached hydrogens (tertiary/aromatic N) is 3. The largest absolute Gasteiger partial charge is 0.374 e. The Morgan fingerprint density at radius 2 is 1.14 bits per heavy atom. The van der Waals surface area contributed by atoms with Gasteiger partial charge in [0.25, 0.3) is 0 Å². The average Bonchev–Trinajstić information content (AvgIpc) is 3.55. The summed E-state index contributed by atoms with van der Waals surface area (Å²) in [6.45, 7) is 7.39. The Kier molecular flexibility index (Phi) is 16.5. The number of ether oxygens (including phenoxy) is 8. The highest BCUT2D eigenvalue weighted by Crippen LogP contribution is 2.36. The summed E-state index contributed by atoms with van der Waals surface area (Å²) < 4.78 is 53.0. The summed E-state index contributed by atoms with van der Waals surface area (Å²) in [6.07, 6.45) is -0.505. The maximum atomic E-state index is 9.77. The summed E-state index contributed by atoms with van der Waals surface area (Å²) >= 11 is 0. The van der Waals surface area contributed by atoms with Crippen LogP contribution in [0.2, 0.25) is 0 Å². The molecule has 8 atom stereocenters. The Morgan fingerprint density at radius 3 is 1.67 bits per heavy atom. The zero-order valence-electron chi connectivity index (χ0n) is 33.3. The lowest BCUT2D eigenvalue weighted by atomic mass is 9.97. The van der Waals surface area contributed by atoms with Gasteiger partial charge in [0.1, 0.15) is 24.4 Å². The van der Waals surface area contributed by atoms with Crippen molar-refractivity contribution in [1.29, 1.82) is 0 Å². The number of hydrogen-bond acceptors (Lipinski definition) is 9. The maximum absolute atomic E-state index is 9.77. The molecule has 0 aromatic heterocycles. The van der Waals surface area contributed by atoms with E-state index in [9.17, 15) is 5.53 Å². The lowest BCUT2D eigenvalue weighted by Gasteiger charge is -2.46. The molecule has 0 bridgehead atoms. The molecular weight excluding hydrogens is 723 g/mol. The molecule has 2 aliphatic rings. The van der Waals surface area contributed by atoms with Crippen molar-refractivity contribution in [2.75, 3.05) is 13.2 Å². The fourth-order valence-electron chi connectivity index (χ4n) is 7.34. The highest BCUT2D eigenvalue weighted by atomic mass is 16.8. The van der Waals surface area contributed by atoms with E-state index in [2.05, 4.69) is 16.9 Å². The van der Waals surface area contributed by atoms with Gasteiger partial charge in [0.15, 0.2) is 12.1 Å². The molecule has 0 saturated carbocycles. The van der Waals surface area contributed by atoms with Crippen molar-refractivity contribution < 1.29 is 37.9 Å². The molecular formula is C46H57N3O8. The minimum atomic E-state index is -0.957. The monoisotopic (exact) mass is 779 g/mol. The molecule has 11 heteroatoms. The molecule has 0 unspecified atom stereocenters. The Balaban J connectivity index is 1.31. The first-order chi connectivity index (χ1) is 27.9. The minimum absolute atomic E-state index is 0.00710. The second kappa shape index (κ2) is 22.1. The number of unbranched alkanes of at least 4 members (excludes halogenated alkanes) is 2. The van der Waals surface area contributed by atoms with E-state index >= 15 is 0 Å². The van der Waals surface area contributed by atoms with E-state index in [0.29, 0.717) is 19.8 Å². The predicted molar refractivity (Wildman–Crippen MR) is 217 cm³/mol. The first-order valence-corrected chi connectivity index (χ1v) is 20.2. The van der Waals surface area contributed by atoms with Crippen molar-refractivity contribution in [2.24, 2.45) is 5.11 Å². The Labute approximate surface area is 337 Å². The van der Waals surface area contributed by atoms with E-state index in [-0.39, 0.29) is 25.9 Å². The number of benzene rings is 4. The Bertz CT molecular complexity index is 1760. The normalized spacial score (nSPS) is 24.8. The fraction of sp³-hybridized carbons (Fsp3) is 0.478. The van der Waals surface area contributed by atoms with Crippen molar-refractivity contribution in [3.8, 4) is 0 Å². The lowest BCUT2D eigenvalue weighted by Crippen LogP contribution is -2.62. The molecule has 2 saturated heterocycles. The Hall–Kier alpha value is -4.13. The zero-order valence-corrected chi connectivity index (χ0v) is 33.3. The van der Waals surface area contributed by atoms with Gasteiger partial charge < -0.3 is 37.9 Å². The standard InChI is InChI=1S/C46H57N3O8/c1-4-5-10-27-39-41(57-46(2,3)56-39)38(48-49-47)32-54-45-44(53-31-37-25-17-9-18-26-37)43(52-30-36-23-15-8-16-24-36)42(51-29-35-21-13-7-14-22-35)40(55-45)33-50-28-34-19-11-6-12-20-34/h6-9,11-26,38-45H,4-5,10,27-33H2,1-3H3/t38-,39+,40+,41-,42-,43-,44+,45+/m0/s1. The van der Waals surface area contributed by atoms with Crippen LogP contribution in [-0.2, 0) is 64.3 Å². The molecule has 304 valence electrons. The molecule has 11 nitrogen and oxygen atoms in total. The molecule has 0 N–H and O–H groups in total.